The van der Waals surface area contributed by atoms with Gasteiger partial charge in [0.1, 0.15) is 17.4 Å². The van der Waals surface area contributed by atoms with Gasteiger partial charge in [0.25, 0.3) is 0 Å². The Morgan fingerprint density at radius 2 is 2.07 bits per heavy atom. The van der Waals surface area contributed by atoms with E-state index in [0.717, 1.165) is 22.0 Å². The maximum Gasteiger partial charge on any atom is 0.226 e. The molecule has 0 saturated carbocycles. The van der Waals surface area contributed by atoms with Gasteiger partial charge in [0.15, 0.2) is 0 Å². The average molecular weight is 377 g/mol. The second-order valence-corrected chi connectivity index (χ2v) is 7.04. The molecule has 1 aromatic heterocycles. The van der Waals surface area contributed by atoms with Crippen LogP contribution in [0.4, 0.5) is 0 Å². The van der Waals surface area contributed by atoms with E-state index < -0.39 is 0 Å². The average Bonchev–Trinajstić information content (AvgIpc) is 3.13. The molecule has 0 spiro atoms. The van der Waals surface area contributed by atoms with Gasteiger partial charge < -0.3 is 10.1 Å². The topological polar surface area (TPSA) is 75.0 Å². The summed E-state index contributed by atoms with van der Waals surface area (Å²) in [6.07, 6.45) is 0.221. The summed E-state index contributed by atoms with van der Waals surface area (Å²) in [5, 5.41) is 14.5. The summed E-state index contributed by atoms with van der Waals surface area (Å²) in [5.41, 5.74) is 3.39. The van der Waals surface area contributed by atoms with Crippen LogP contribution >= 0.6 is 11.3 Å². The third-order valence-corrected chi connectivity index (χ3v) is 4.74. The molecule has 0 aliphatic heterocycles. The molecule has 136 valence electrons. The summed E-state index contributed by atoms with van der Waals surface area (Å²) in [5.74, 6) is 0.698. The van der Waals surface area contributed by atoms with Crippen LogP contribution in [0.3, 0.4) is 0 Å². The number of carbonyl (C=O) groups excluding carboxylic acids is 1. The zero-order valence-electron chi connectivity index (χ0n) is 14.9. The van der Waals surface area contributed by atoms with E-state index in [-0.39, 0.29) is 12.3 Å². The number of ether oxygens (including phenoxy) is 1. The van der Waals surface area contributed by atoms with Gasteiger partial charge in [-0.1, -0.05) is 29.8 Å². The Labute approximate surface area is 162 Å². The van der Waals surface area contributed by atoms with Crippen LogP contribution in [0, 0.1) is 18.3 Å². The predicted molar refractivity (Wildman–Crippen MR) is 104 cm³/mol. The Hall–Kier alpha value is -3.17. The lowest BCUT2D eigenvalue weighted by Crippen LogP contribution is -2.24. The second kappa shape index (κ2) is 8.97. The van der Waals surface area contributed by atoms with E-state index in [1.165, 1.54) is 16.9 Å². The maximum absolute atomic E-state index is 12.1. The highest BCUT2D eigenvalue weighted by molar-refractivity contribution is 7.09. The highest BCUT2D eigenvalue weighted by atomic mass is 32.1. The summed E-state index contributed by atoms with van der Waals surface area (Å²) in [6.45, 7) is 2.81. The zero-order chi connectivity index (χ0) is 19.1. The van der Waals surface area contributed by atoms with Gasteiger partial charge in [-0.05, 0) is 36.8 Å². The first-order chi connectivity index (χ1) is 13.1. The second-order valence-electron chi connectivity index (χ2n) is 6.10. The number of hydrogen-bond donors (Lipinski definition) is 1. The van der Waals surface area contributed by atoms with Gasteiger partial charge in [0.05, 0.1) is 23.7 Å². The van der Waals surface area contributed by atoms with E-state index in [0.29, 0.717) is 18.7 Å². The van der Waals surface area contributed by atoms with Gasteiger partial charge >= 0.3 is 0 Å². The lowest BCUT2D eigenvalue weighted by molar-refractivity contribution is -0.120. The fraction of sp³-hybridized carbons (Fsp3) is 0.190. The molecule has 27 heavy (non-hydrogen) atoms. The molecular formula is C21H19N3O2S. The summed E-state index contributed by atoms with van der Waals surface area (Å²) in [6, 6.07) is 17.1. The number of benzene rings is 2. The van der Waals surface area contributed by atoms with Crippen molar-refractivity contribution in [2.45, 2.75) is 26.5 Å². The Balaban J connectivity index is 1.47. The van der Waals surface area contributed by atoms with E-state index in [2.05, 4.69) is 16.4 Å². The van der Waals surface area contributed by atoms with Crippen LogP contribution < -0.4 is 10.1 Å². The minimum Gasteiger partial charge on any atom is -0.486 e. The van der Waals surface area contributed by atoms with Gasteiger partial charge in [-0.25, -0.2) is 4.98 Å². The molecule has 0 radical (unpaired) electrons. The minimum absolute atomic E-state index is 0.103. The minimum atomic E-state index is -0.103. The fourth-order valence-corrected chi connectivity index (χ4v) is 3.16. The van der Waals surface area contributed by atoms with Gasteiger partial charge in [-0.3, -0.25) is 4.79 Å². The highest BCUT2D eigenvalue weighted by Crippen LogP contribution is 2.16. The van der Waals surface area contributed by atoms with E-state index in [9.17, 15) is 4.79 Å². The molecule has 3 aromatic rings. The number of aryl methyl sites for hydroxylation is 1. The van der Waals surface area contributed by atoms with Crippen molar-refractivity contribution in [3.8, 4) is 11.8 Å². The summed E-state index contributed by atoms with van der Waals surface area (Å²) in [4.78, 5) is 16.6. The van der Waals surface area contributed by atoms with Crippen molar-refractivity contribution in [2.75, 3.05) is 0 Å². The smallest absolute Gasteiger partial charge is 0.226 e. The number of thiazole rings is 1. The lowest BCUT2D eigenvalue weighted by Gasteiger charge is -2.05. The number of nitriles is 1. The third-order valence-electron chi connectivity index (χ3n) is 3.87. The molecule has 5 nitrogen and oxygen atoms in total. The number of aromatic nitrogens is 1. The quantitative estimate of drug-likeness (QED) is 0.680. The number of nitrogens with one attached hydrogen (secondary N) is 1. The third kappa shape index (κ3) is 5.66. The number of nitrogens with zero attached hydrogens (tertiary/aromatic N) is 2. The van der Waals surface area contributed by atoms with E-state index in [1.54, 1.807) is 18.2 Å². The summed E-state index contributed by atoms with van der Waals surface area (Å²) in [7, 11) is 0. The van der Waals surface area contributed by atoms with Crippen LogP contribution in [0.25, 0.3) is 0 Å². The summed E-state index contributed by atoms with van der Waals surface area (Å²) >= 11 is 1.48. The van der Waals surface area contributed by atoms with Crippen molar-refractivity contribution in [3.05, 3.63) is 81.3 Å². The van der Waals surface area contributed by atoms with Crippen molar-refractivity contribution in [1.82, 2.24) is 10.3 Å². The Morgan fingerprint density at radius 1 is 1.26 bits per heavy atom. The molecule has 0 unspecified atom stereocenters. The van der Waals surface area contributed by atoms with E-state index in [1.807, 2.05) is 42.6 Å². The predicted octanol–water partition coefficient (Wildman–Crippen LogP) is 3.76. The van der Waals surface area contributed by atoms with Gasteiger partial charge in [0.2, 0.25) is 5.91 Å². The van der Waals surface area contributed by atoms with Crippen molar-refractivity contribution >= 4 is 17.2 Å². The van der Waals surface area contributed by atoms with Crippen LogP contribution in [0.5, 0.6) is 5.75 Å². The molecule has 0 atom stereocenters. The molecule has 1 amide bonds. The molecule has 1 heterocycles. The van der Waals surface area contributed by atoms with Crippen LogP contribution in [-0.2, 0) is 24.4 Å². The molecule has 0 aliphatic rings. The van der Waals surface area contributed by atoms with Crippen LogP contribution in [0.2, 0.25) is 0 Å². The molecule has 0 bridgehead atoms. The molecule has 1 N–H and O–H groups in total. The first kappa shape index (κ1) is 18.6. The largest absolute Gasteiger partial charge is 0.486 e. The number of rotatable bonds is 7. The Morgan fingerprint density at radius 3 is 2.85 bits per heavy atom. The van der Waals surface area contributed by atoms with Crippen molar-refractivity contribution in [3.63, 3.8) is 0 Å². The van der Waals surface area contributed by atoms with E-state index >= 15 is 0 Å². The number of hydrogen-bond acceptors (Lipinski definition) is 5. The number of amides is 1. The lowest BCUT2D eigenvalue weighted by atomic mass is 10.1. The molecule has 0 aliphatic carbocycles. The highest BCUT2D eigenvalue weighted by Gasteiger charge is 2.08. The molecule has 6 heteroatoms. The molecule has 0 fully saturated rings. The zero-order valence-corrected chi connectivity index (χ0v) is 15.8. The Bertz CT molecular complexity index is 958. The van der Waals surface area contributed by atoms with E-state index in [4.69, 9.17) is 10.00 Å². The molecule has 0 saturated heterocycles. The van der Waals surface area contributed by atoms with Gasteiger partial charge in [-0.15, -0.1) is 11.3 Å². The molecule has 3 rings (SSSR count). The maximum atomic E-state index is 12.1. The number of carbonyl (C=O) groups is 1. The van der Waals surface area contributed by atoms with Gasteiger partial charge in [0, 0.05) is 11.9 Å². The van der Waals surface area contributed by atoms with Crippen LogP contribution in [-0.4, -0.2) is 10.9 Å². The van der Waals surface area contributed by atoms with Gasteiger partial charge in [-0.2, -0.15) is 5.26 Å². The van der Waals surface area contributed by atoms with Crippen LogP contribution in [0.15, 0.2) is 53.9 Å². The molecule has 2 aromatic carbocycles. The molecular weight excluding hydrogens is 358 g/mol. The van der Waals surface area contributed by atoms with Crippen molar-refractivity contribution < 1.29 is 9.53 Å². The monoisotopic (exact) mass is 377 g/mol. The first-order valence-corrected chi connectivity index (χ1v) is 9.39. The van der Waals surface area contributed by atoms with Crippen LogP contribution in [0.1, 0.15) is 27.4 Å². The first-order valence-electron chi connectivity index (χ1n) is 8.51. The SMILES string of the molecule is Cc1ccc(OCc2nc(CC(=O)NCc3cccc(C#N)c3)cs2)cc1. The Kier molecular flexibility index (Phi) is 6.18. The van der Waals surface area contributed by atoms with Crippen molar-refractivity contribution in [1.29, 1.82) is 5.26 Å². The summed E-state index contributed by atoms with van der Waals surface area (Å²) < 4.78 is 5.71. The van der Waals surface area contributed by atoms with Crippen molar-refractivity contribution in [2.24, 2.45) is 0 Å². The fourth-order valence-electron chi connectivity index (χ4n) is 2.45. The normalized spacial score (nSPS) is 10.2. The standard InChI is InChI=1S/C21H19N3O2S/c1-15-5-7-19(8-6-15)26-13-21-24-18(14-27-21)10-20(25)23-12-17-4-2-3-16(9-17)11-22/h2-9,14H,10,12-13H2,1H3,(H,23,25).